The highest BCUT2D eigenvalue weighted by Gasteiger charge is 2.14. The van der Waals surface area contributed by atoms with E-state index in [1.807, 2.05) is 6.92 Å². The number of aryl methyl sites for hydroxylation is 1. The monoisotopic (exact) mass is 260 g/mol. The Bertz CT molecular complexity index is 613. The predicted molar refractivity (Wildman–Crippen MR) is 66.8 cm³/mol. The largest absolute Gasteiger partial charge is 0.497 e. The first-order valence-electron chi connectivity index (χ1n) is 5.48. The molecule has 6 nitrogen and oxygen atoms in total. The Kier molecular flexibility index (Phi) is 3.61. The summed E-state index contributed by atoms with van der Waals surface area (Å²) >= 11 is 0. The zero-order chi connectivity index (χ0) is 13.8. The fraction of sp³-hybridized carbons (Fsp3) is 0.154. The van der Waals surface area contributed by atoms with Gasteiger partial charge in [0.2, 0.25) is 5.88 Å². The number of carboxylic acids is 1. The van der Waals surface area contributed by atoms with Gasteiger partial charge in [0.25, 0.3) is 0 Å². The lowest BCUT2D eigenvalue weighted by atomic mass is 10.2. The molecule has 0 aliphatic rings. The first kappa shape index (κ1) is 12.8. The molecule has 0 radical (unpaired) electrons. The van der Waals surface area contributed by atoms with Crippen LogP contribution in [0.4, 0.5) is 0 Å². The van der Waals surface area contributed by atoms with Crippen LogP contribution in [0.5, 0.6) is 17.4 Å². The Morgan fingerprint density at radius 2 is 2.11 bits per heavy atom. The van der Waals surface area contributed by atoms with E-state index in [9.17, 15) is 4.79 Å². The lowest BCUT2D eigenvalue weighted by molar-refractivity contribution is 0.0694. The number of hydrogen-bond acceptors (Lipinski definition) is 5. The molecule has 0 saturated heterocycles. The van der Waals surface area contributed by atoms with Crippen LogP contribution in [-0.4, -0.2) is 28.4 Å². The number of rotatable bonds is 4. The van der Waals surface area contributed by atoms with Gasteiger partial charge in [0.1, 0.15) is 17.1 Å². The summed E-state index contributed by atoms with van der Waals surface area (Å²) in [7, 11) is 1.49. The minimum atomic E-state index is -1.08. The van der Waals surface area contributed by atoms with Crippen molar-refractivity contribution in [3.63, 3.8) is 0 Å². The van der Waals surface area contributed by atoms with Gasteiger partial charge in [-0.05, 0) is 24.6 Å². The standard InChI is InChI=1S/C13H12N2O4/c1-8-5-12(15-14-7-8)19-11-6-9(18-2)3-4-10(11)13(16)17/h3-7H,1-2H3,(H,16,17). The molecular weight excluding hydrogens is 248 g/mol. The highest BCUT2D eigenvalue weighted by molar-refractivity contribution is 5.91. The van der Waals surface area contributed by atoms with Crippen LogP contribution in [0, 0.1) is 6.92 Å². The molecule has 0 aliphatic heterocycles. The van der Waals surface area contributed by atoms with Crippen LogP contribution in [0.25, 0.3) is 0 Å². The number of carbonyl (C=O) groups is 1. The van der Waals surface area contributed by atoms with E-state index >= 15 is 0 Å². The summed E-state index contributed by atoms with van der Waals surface area (Å²) in [6, 6.07) is 6.13. The van der Waals surface area contributed by atoms with Crippen molar-refractivity contribution in [3.05, 3.63) is 41.6 Å². The Morgan fingerprint density at radius 3 is 2.74 bits per heavy atom. The Balaban J connectivity index is 2.39. The van der Waals surface area contributed by atoms with Crippen LogP contribution in [0.1, 0.15) is 15.9 Å². The SMILES string of the molecule is COc1ccc(C(=O)O)c(Oc2cc(C)cnn2)c1. The Hall–Kier alpha value is -2.63. The summed E-state index contributed by atoms with van der Waals surface area (Å²) in [6.45, 7) is 1.84. The van der Waals surface area contributed by atoms with Gasteiger partial charge in [0.15, 0.2) is 0 Å². The molecule has 2 rings (SSSR count). The van der Waals surface area contributed by atoms with Crippen molar-refractivity contribution in [1.29, 1.82) is 0 Å². The van der Waals surface area contributed by atoms with Gasteiger partial charge in [-0.15, -0.1) is 5.10 Å². The lowest BCUT2D eigenvalue weighted by Gasteiger charge is -2.09. The summed E-state index contributed by atoms with van der Waals surface area (Å²) in [6.07, 6.45) is 1.58. The number of aromatic carboxylic acids is 1. The molecule has 0 atom stereocenters. The average molecular weight is 260 g/mol. The highest BCUT2D eigenvalue weighted by Crippen LogP contribution is 2.28. The second kappa shape index (κ2) is 5.34. The van der Waals surface area contributed by atoms with Crippen molar-refractivity contribution >= 4 is 5.97 Å². The summed E-state index contributed by atoms with van der Waals surface area (Å²) in [4.78, 5) is 11.1. The fourth-order valence-corrected chi connectivity index (χ4v) is 1.49. The smallest absolute Gasteiger partial charge is 0.339 e. The maximum Gasteiger partial charge on any atom is 0.339 e. The molecule has 0 bridgehead atoms. The number of methoxy groups -OCH3 is 1. The van der Waals surface area contributed by atoms with Crippen molar-refractivity contribution < 1.29 is 19.4 Å². The van der Waals surface area contributed by atoms with Gasteiger partial charge in [-0.1, -0.05) is 0 Å². The number of nitrogens with zero attached hydrogens (tertiary/aromatic N) is 2. The molecule has 2 aromatic rings. The molecule has 1 aromatic heterocycles. The molecule has 6 heteroatoms. The summed E-state index contributed by atoms with van der Waals surface area (Å²) in [5.41, 5.74) is 0.897. The second-order valence-corrected chi connectivity index (χ2v) is 3.84. The van der Waals surface area contributed by atoms with Gasteiger partial charge >= 0.3 is 5.97 Å². The van der Waals surface area contributed by atoms with E-state index in [-0.39, 0.29) is 17.2 Å². The molecule has 0 unspecified atom stereocenters. The Labute approximate surface area is 109 Å². The normalized spacial score (nSPS) is 10.0. The van der Waals surface area contributed by atoms with Crippen LogP contribution in [0.15, 0.2) is 30.5 Å². The van der Waals surface area contributed by atoms with Crippen molar-refractivity contribution in [2.75, 3.05) is 7.11 Å². The topological polar surface area (TPSA) is 81.5 Å². The van der Waals surface area contributed by atoms with Gasteiger partial charge in [0, 0.05) is 12.1 Å². The van der Waals surface area contributed by atoms with E-state index in [4.69, 9.17) is 14.6 Å². The third kappa shape index (κ3) is 2.98. The van der Waals surface area contributed by atoms with Crippen molar-refractivity contribution in [2.45, 2.75) is 6.92 Å². The molecule has 0 aliphatic carbocycles. The molecule has 0 fully saturated rings. The van der Waals surface area contributed by atoms with E-state index in [1.165, 1.54) is 19.2 Å². The van der Waals surface area contributed by atoms with Gasteiger partial charge in [-0.3, -0.25) is 0 Å². The van der Waals surface area contributed by atoms with Crippen molar-refractivity contribution in [3.8, 4) is 17.4 Å². The lowest BCUT2D eigenvalue weighted by Crippen LogP contribution is -2.01. The van der Waals surface area contributed by atoms with Gasteiger partial charge in [-0.25, -0.2) is 4.79 Å². The maximum absolute atomic E-state index is 11.1. The number of hydrogen-bond donors (Lipinski definition) is 1. The summed E-state index contributed by atoms with van der Waals surface area (Å²) < 4.78 is 10.5. The quantitative estimate of drug-likeness (QED) is 0.908. The van der Waals surface area contributed by atoms with Gasteiger partial charge < -0.3 is 14.6 Å². The first-order valence-corrected chi connectivity index (χ1v) is 5.48. The van der Waals surface area contributed by atoms with Gasteiger partial charge in [-0.2, -0.15) is 5.10 Å². The molecule has 1 N–H and O–H groups in total. The second-order valence-electron chi connectivity index (χ2n) is 3.84. The van der Waals surface area contributed by atoms with E-state index in [2.05, 4.69) is 10.2 Å². The number of aromatic nitrogens is 2. The molecule has 0 spiro atoms. The average Bonchev–Trinajstić information content (AvgIpc) is 2.38. The van der Waals surface area contributed by atoms with Crippen LogP contribution in [0.2, 0.25) is 0 Å². The molecule has 1 heterocycles. The van der Waals surface area contributed by atoms with Gasteiger partial charge in [0.05, 0.1) is 13.3 Å². The third-order valence-electron chi connectivity index (χ3n) is 2.40. The van der Waals surface area contributed by atoms with Crippen LogP contribution < -0.4 is 9.47 Å². The first-order chi connectivity index (χ1) is 9.10. The molecule has 1 aromatic carbocycles. The van der Waals surface area contributed by atoms with Crippen LogP contribution in [-0.2, 0) is 0 Å². The minimum absolute atomic E-state index is 0.0316. The maximum atomic E-state index is 11.1. The fourth-order valence-electron chi connectivity index (χ4n) is 1.49. The molecule has 19 heavy (non-hydrogen) atoms. The molecule has 0 amide bonds. The zero-order valence-electron chi connectivity index (χ0n) is 10.5. The third-order valence-corrected chi connectivity index (χ3v) is 2.40. The van der Waals surface area contributed by atoms with E-state index in [1.54, 1.807) is 18.3 Å². The number of ether oxygens (including phenoxy) is 2. The molecule has 0 saturated carbocycles. The number of carboxylic acid groups (broad SMARTS) is 1. The summed E-state index contributed by atoms with van der Waals surface area (Å²) in [5, 5.41) is 16.6. The predicted octanol–water partition coefficient (Wildman–Crippen LogP) is 2.28. The Morgan fingerprint density at radius 1 is 1.32 bits per heavy atom. The summed E-state index contributed by atoms with van der Waals surface area (Å²) in [5.74, 6) is -0.193. The van der Waals surface area contributed by atoms with Crippen LogP contribution >= 0.6 is 0 Å². The minimum Gasteiger partial charge on any atom is -0.497 e. The van der Waals surface area contributed by atoms with E-state index in [0.29, 0.717) is 5.75 Å². The van der Waals surface area contributed by atoms with E-state index < -0.39 is 5.97 Å². The van der Waals surface area contributed by atoms with Crippen molar-refractivity contribution in [1.82, 2.24) is 10.2 Å². The highest BCUT2D eigenvalue weighted by atomic mass is 16.5. The number of benzene rings is 1. The van der Waals surface area contributed by atoms with E-state index in [0.717, 1.165) is 5.56 Å². The van der Waals surface area contributed by atoms with Crippen LogP contribution in [0.3, 0.4) is 0 Å². The van der Waals surface area contributed by atoms with Crippen molar-refractivity contribution in [2.24, 2.45) is 0 Å². The zero-order valence-corrected chi connectivity index (χ0v) is 10.5. The molecule has 98 valence electrons. The molecular formula is C13H12N2O4.